The molecule has 6 heteroatoms. The van der Waals surface area contributed by atoms with Crippen LogP contribution >= 0.6 is 0 Å². The maximum atomic E-state index is 12.4. The number of nitrogens with zero attached hydrogens (tertiary/aromatic N) is 2. The highest BCUT2D eigenvalue weighted by molar-refractivity contribution is 5.75. The lowest BCUT2D eigenvalue weighted by Crippen LogP contribution is -2.51. The summed E-state index contributed by atoms with van der Waals surface area (Å²) in [7, 11) is 0. The molecule has 0 aromatic carbocycles. The maximum Gasteiger partial charge on any atom is 0.320 e. The third kappa shape index (κ3) is 4.09. The molecule has 2 aliphatic rings. The van der Waals surface area contributed by atoms with Crippen LogP contribution in [0.2, 0.25) is 0 Å². The standard InChI is InChI=1S/C13H22N2O4/c16-12(17)9-11-10-15(7-8-19-11)13(18)14-5-3-1-2-4-6-14/h11H,1-10H2,(H,16,17). The molecule has 2 heterocycles. The van der Waals surface area contributed by atoms with E-state index in [9.17, 15) is 9.59 Å². The Bertz CT molecular complexity index is 327. The summed E-state index contributed by atoms with van der Waals surface area (Å²) in [5, 5.41) is 8.78. The SMILES string of the molecule is O=C(O)CC1CN(C(=O)N2CCCCCC2)CCO1. The summed E-state index contributed by atoms with van der Waals surface area (Å²) in [5.74, 6) is -0.880. The third-order valence-corrected chi connectivity index (χ3v) is 3.69. The first-order valence-corrected chi connectivity index (χ1v) is 7.04. The molecule has 0 radical (unpaired) electrons. The monoisotopic (exact) mass is 270 g/mol. The fourth-order valence-corrected chi connectivity index (χ4v) is 2.67. The lowest BCUT2D eigenvalue weighted by Gasteiger charge is -2.35. The second-order valence-electron chi connectivity index (χ2n) is 5.22. The van der Waals surface area contributed by atoms with Gasteiger partial charge in [0, 0.05) is 26.2 Å². The van der Waals surface area contributed by atoms with Gasteiger partial charge in [0.1, 0.15) is 0 Å². The number of carbonyl (C=O) groups is 2. The number of rotatable bonds is 2. The molecular formula is C13H22N2O4. The molecule has 2 amide bonds. The number of amides is 2. The molecule has 0 saturated carbocycles. The van der Waals surface area contributed by atoms with Crippen molar-refractivity contribution >= 4 is 12.0 Å². The van der Waals surface area contributed by atoms with Crippen LogP contribution in [0.25, 0.3) is 0 Å². The topological polar surface area (TPSA) is 70.1 Å². The summed E-state index contributed by atoms with van der Waals surface area (Å²) in [6.07, 6.45) is 4.10. The van der Waals surface area contributed by atoms with E-state index in [1.807, 2.05) is 4.90 Å². The molecule has 0 aliphatic carbocycles. The largest absolute Gasteiger partial charge is 0.481 e. The molecule has 19 heavy (non-hydrogen) atoms. The molecular weight excluding hydrogens is 248 g/mol. The minimum Gasteiger partial charge on any atom is -0.481 e. The number of aliphatic carboxylic acids is 1. The zero-order chi connectivity index (χ0) is 13.7. The Balaban J connectivity index is 1.88. The number of carboxylic acids is 1. The van der Waals surface area contributed by atoms with Gasteiger partial charge in [-0.05, 0) is 12.8 Å². The van der Waals surface area contributed by atoms with Crippen LogP contribution in [0.3, 0.4) is 0 Å². The molecule has 1 unspecified atom stereocenters. The van der Waals surface area contributed by atoms with Crippen molar-refractivity contribution in [2.75, 3.05) is 32.8 Å². The quantitative estimate of drug-likeness (QED) is 0.817. The van der Waals surface area contributed by atoms with Gasteiger partial charge >= 0.3 is 12.0 Å². The first-order valence-electron chi connectivity index (χ1n) is 7.04. The number of hydrogen-bond acceptors (Lipinski definition) is 3. The van der Waals surface area contributed by atoms with Crippen molar-refractivity contribution in [2.45, 2.75) is 38.2 Å². The lowest BCUT2D eigenvalue weighted by molar-refractivity contribution is -0.141. The molecule has 0 spiro atoms. The van der Waals surface area contributed by atoms with Gasteiger partial charge in [-0.3, -0.25) is 4.79 Å². The Kier molecular flexibility index (Phi) is 5.01. The number of likely N-dealkylation sites (tertiary alicyclic amines) is 1. The van der Waals surface area contributed by atoms with Gasteiger partial charge in [0.15, 0.2) is 0 Å². The second-order valence-corrected chi connectivity index (χ2v) is 5.22. The molecule has 2 saturated heterocycles. The fourth-order valence-electron chi connectivity index (χ4n) is 2.67. The van der Waals surface area contributed by atoms with Crippen LogP contribution in [0.5, 0.6) is 0 Å². The molecule has 0 aromatic heterocycles. The van der Waals surface area contributed by atoms with Gasteiger partial charge in [-0.25, -0.2) is 4.79 Å². The van der Waals surface area contributed by atoms with Crippen LogP contribution in [-0.4, -0.2) is 65.8 Å². The highest BCUT2D eigenvalue weighted by atomic mass is 16.5. The van der Waals surface area contributed by atoms with Crippen molar-refractivity contribution in [1.82, 2.24) is 9.80 Å². The van der Waals surface area contributed by atoms with Crippen LogP contribution in [0.4, 0.5) is 4.79 Å². The summed E-state index contributed by atoms with van der Waals surface area (Å²) >= 11 is 0. The van der Waals surface area contributed by atoms with Crippen molar-refractivity contribution in [2.24, 2.45) is 0 Å². The number of urea groups is 1. The van der Waals surface area contributed by atoms with Gasteiger partial charge in [-0.15, -0.1) is 0 Å². The molecule has 2 fully saturated rings. The predicted molar refractivity (Wildman–Crippen MR) is 69.0 cm³/mol. The molecule has 0 bridgehead atoms. The van der Waals surface area contributed by atoms with E-state index >= 15 is 0 Å². The van der Waals surface area contributed by atoms with Gasteiger partial charge in [-0.1, -0.05) is 12.8 Å². The first-order chi connectivity index (χ1) is 9.16. The van der Waals surface area contributed by atoms with Crippen molar-refractivity contribution in [1.29, 1.82) is 0 Å². The van der Waals surface area contributed by atoms with Crippen molar-refractivity contribution in [3.63, 3.8) is 0 Å². The lowest BCUT2D eigenvalue weighted by atomic mass is 10.2. The van der Waals surface area contributed by atoms with E-state index in [1.54, 1.807) is 4.90 Å². The Labute approximate surface area is 113 Å². The Hall–Kier alpha value is -1.30. The summed E-state index contributed by atoms with van der Waals surface area (Å²) in [6, 6.07) is 0.0422. The first kappa shape index (κ1) is 14.1. The Morgan fingerprint density at radius 2 is 1.74 bits per heavy atom. The summed E-state index contributed by atoms with van der Waals surface area (Å²) in [5.41, 5.74) is 0. The minimum atomic E-state index is -0.880. The van der Waals surface area contributed by atoms with Crippen LogP contribution in [0.1, 0.15) is 32.1 Å². The Morgan fingerprint density at radius 3 is 2.37 bits per heavy atom. The summed E-state index contributed by atoms with van der Waals surface area (Å²) < 4.78 is 5.39. The van der Waals surface area contributed by atoms with Crippen molar-refractivity contribution in [3.8, 4) is 0 Å². The number of carboxylic acid groups (broad SMARTS) is 1. The summed E-state index contributed by atoms with van der Waals surface area (Å²) in [4.78, 5) is 26.7. The van der Waals surface area contributed by atoms with Gasteiger partial charge in [0.05, 0.1) is 19.1 Å². The van der Waals surface area contributed by atoms with E-state index in [0.717, 1.165) is 25.9 Å². The normalized spacial score (nSPS) is 24.9. The highest BCUT2D eigenvalue weighted by Gasteiger charge is 2.28. The van der Waals surface area contributed by atoms with Crippen LogP contribution in [0, 0.1) is 0 Å². The number of hydrogen-bond donors (Lipinski definition) is 1. The van der Waals surface area contributed by atoms with Gasteiger partial charge < -0.3 is 19.6 Å². The van der Waals surface area contributed by atoms with E-state index in [4.69, 9.17) is 9.84 Å². The van der Waals surface area contributed by atoms with Crippen LogP contribution < -0.4 is 0 Å². The minimum absolute atomic E-state index is 0.0379. The van der Waals surface area contributed by atoms with Crippen molar-refractivity contribution < 1.29 is 19.4 Å². The maximum absolute atomic E-state index is 12.4. The van der Waals surface area contributed by atoms with E-state index in [2.05, 4.69) is 0 Å². The fraction of sp³-hybridized carbons (Fsp3) is 0.846. The average Bonchev–Trinajstić information content (AvgIpc) is 2.66. The molecule has 1 N–H and O–H groups in total. The van der Waals surface area contributed by atoms with E-state index in [1.165, 1.54) is 12.8 Å². The smallest absolute Gasteiger partial charge is 0.320 e. The zero-order valence-corrected chi connectivity index (χ0v) is 11.2. The number of morpholine rings is 1. The highest BCUT2D eigenvalue weighted by Crippen LogP contribution is 2.15. The van der Waals surface area contributed by atoms with Gasteiger partial charge in [-0.2, -0.15) is 0 Å². The summed E-state index contributed by atoms with van der Waals surface area (Å²) in [6.45, 7) is 3.02. The zero-order valence-electron chi connectivity index (χ0n) is 11.2. The van der Waals surface area contributed by atoms with Gasteiger partial charge in [0.2, 0.25) is 0 Å². The third-order valence-electron chi connectivity index (χ3n) is 3.69. The Morgan fingerprint density at radius 1 is 1.05 bits per heavy atom. The molecule has 2 aliphatic heterocycles. The molecule has 6 nitrogen and oxygen atoms in total. The van der Waals surface area contributed by atoms with E-state index in [-0.39, 0.29) is 18.6 Å². The molecule has 2 rings (SSSR count). The molecule has 108 valence electrons. The second kappa shape index (κ2) is 6.75. The van der Waals surface area contributed by atoms with Crippen molar-refractivity contribution in [3.05, 3.63) is 0 Å². The number of ether oxygens (including phenoxy) is 1. The van der Waals surface area contributed by atoms with E-state index in [0.29, 0.717) is 19.7 Å². The average molecular weight is 270 g/mol. The van der Waals surface area contributed by atoms with Crippen LogP contribution in [-0.2, 0) is 9.53 Å². The van der Waals surface area contributed by atoms with Gasteiger partial charge in [0.25, 0.3) is 0 Å². The van der Waals surface area contributed by atoms with E-state index < -0.39 is 5.97 Å². The molecule has 0 aromatic rings. The predicted octanol–water partition coefficient (Wildman–Crippen LogP) is 1.16. The molecule has 1 atom stereocenters. The number of carbonyl (C=O) groups excluding carboxylic acids is 1. The van der Waals surface area contributed by atoms with Crippen LogP contribution in [0.15, 0.2) is 0 Å².